The second-order valence-corrected chi connectivity index (χ2v) is 3.87. The molecule has 0 saturated carbocycles. The number of aromatic nitrogens is 4. The Morgan fingerprint density at radius 3 is 2.94 bits per heavy atom. The Hall–Kier alpha value is -1.89. The fourth-order valence-corrected chi connectivity index (χ4v) is 1.86. The van der Waals surface area contributed by atoms with Gasteiger partial charge in [-0.15, -0.1) is 0 Å². The lowest BCUT2D eigenvalue weighted by Gasteiger charge is -1.90. The lowest BCUT2D eigenvalue weighted by molar-refractivity contribution is 0.542. The smallest absolute Gasteiger partial charge is 0.183 e. The molecule has 0 aliphatic carbocycles. The number of nitrogens with zero attached hydrogens (tertiary/aromatic N) is 3. The van der Waals surface area contributed by atoms with Gasteiger partial charge in [0.15, 0.2) is 16.1 Å². The van der Waals surface area contributed by atoms with Crippen LogP contribution in [0.4, 0.5) is 5.82 Å². The molecule has 0 unspecified atom stereocenters. The average molecular weight is 280 g/mol. The molecule has 0 aromatic carbocycles. The van der Waals surface area contributed by atoms with Crippen molar-refractivity contribution < 1.29 is 4.42 Å². The van der Waals surface area contributed by atoms with E-state index in [9.17, 15) is 0 Å². The summed E-state index contributed by atoms with van der Waals surface area (Å²) in [5.74, 6) is 1.02. The molecular weight excluding hydrogens is 274 g/mol. The Bertz CT molecular complexity index is 659. The van der Waals surface area contributed by atoms with E-state index in [1.54, 1.807) is 12.3 Å². The minimum Gasteiger partial charge on any atom is -0.457 e. The number of H-pyrrole nitrogens is 1. The molecule has 3 rings (SSSR count). The molecule has 3 N–H and O–H groups in total. The molecule has 16 heavy (non-hydrogen) atoms. The SMILES string of the molecule is Nc1ncnc2nc(-c3ccoc3Br)[nH]c12. The Balaban J connectivity index is 2.27. The van der Waals surface area contributed by atoms with E-state index in [2.05, 4.69) is 35.9 Å². The fraction of sp³-hybridized carbons (Fsp3) is 0. The van der Waals surface area contributed by atoms with Crippen molar-refractivity contribution in [3.63, 3.8) is 0 Å². The molecule has 0 atom stereocenters. The highest BCUT2D eigenvalue weighted by molar-refractivity contribution is 9.10. The average Bonchev–Trinajstić information content (AvgIpc) is 2.84. The van der Waals surface area contributed by atoms with Crippen LogP contribution in [0.1, 0.15) is 0 Å². The number of rotatable bonds is 1. The van der Waals surface area contributed by atoms with Gasteiger partial charge in [-0.2, -0.15) is 0 Å². The van der Waals surface area contributed by atoms with E-state index >= 15 is 0 Å². The number of furan rings is 1. The first-order valence-electron chi connectivity index (χ1n) is 4.45. The molecule has 3 aromatic rings. The number of aromatic amines is 1. The molecular formula is C9H6BrN5O. The predicted octanol–water partition coefficient (Wildman–Crippen LogP) is 1.96. The summed E-state index contributed by atoms with van der Waals surface area (Å²) in [6, 6.07) is 1.80. The van der Waals surface area contributed by atoms with Gasteiger partial charge in [-0.25, -0.2) is 15.0 Å². The molecule has 0 amide bonds. The number of nitrogen functional groups attached to an aromatic ring is 1. The summed E-state index contributed by atoms with van der Waals surface area (Å²) in [6.07, 6.45) is 2.95. The molecule has 0 aliphatic heterocycles. The second kappa shape index (κ2) is 3.31. The monoisotopic (exact) mass is 279 g/mol. The second-order valence-electron chi connectivity index (χ2n) is 3.15. The largest absolute Gasteiger partial charge is 0.457 e. The maximum Gasteiger partial charge on any atom is 0.183 e. The van der Waals surface area contributed by atoms with Crippen molar-refractivity contribution in [1.29, 1.82) is 0 Å². The van der Waals surface area contributed by atoms with Crippen LogP contribution >= 0.6 is 15.9 Å². The maximum absolute atomic E-state index is 5.70. The number of halogens is 1. The number of fused-ring (bicyclic) bond motifs is 1. The zero-order chi connectivity index (χ0) is 11.1. The van der Waals surface area contributed by atoms with Gasteiger partial charge in [0.25, 0.3) is 0 Å². The van der Waals surface area contributed by atoms with Gasteiger partial charge in [-0.3, -0.25) is 0 Å². The van der Waals surface area contributed by atoms with Gasteiger partial charge in [0.1, 0.15) is 17.7 Å². The van der Waals surface area contributed by atoms with Crippen LogP contribution in [0.15, 0.2) is 27.7 Å². The Labute approximate surface area is 98.0 Å². The minimum absolute atomic E-state index is 0.378. The van der Waals surface area contributed by atoms with Crippen LogP contribution in [0.25, 0.3) is 22.6 Å². The highest BCUT2D eigenvalue weighted by atomic mass is 79.9. The van der Waals surface area contributed by atoms with Gasteiger partial charge in [0, 0.05) is 0 Å². The zero-order valence-corrected chi connectivity index (χ0v) is 9.52. The minimum atomic E-state index is 0.378. The van der Waals surface area contributed by atoms with Crippen molar-refractivity contribution in [2.45, 2.75) is 0 Å². The molecule has 3 heterocycles. The fourth-order valence-electron chi connectivity index (χ4n) is 1.44. The lowest BCUT2D eigenvalue weighted by Crippen LogP contribution is -1.91. The van der Waals surface area contributed by atoms with E-state index in [1.807, 2.05) is 0 Å². The molecule has 0 fully saturated rings. The van der Waals surface area contributed by atoms with Crippen molar-refractivity contribution in [2.24, 2.45) is 0 Å². The number of anilines is 1. The predicted molar refractivity (Wildman–Crippen MR) is 61.5 cm³/mol. The highest BCUT2D eigenvalue weighted by Crippen LogP contribution is 2.28. The van der Waals surface area contributed by atoms with Crippen molar-refractivity contribution in [2.75, 3.05) is 5.73 Å². The normalized spacial score (nSPS) is 11.1. The lowest BCUT2D eigenvalue weighted by atomic mass is 10.3. The summed E-state index contributed by atoms with van der Waals surface area (Å²) in [5.41, 5.74) is 7.69. The third-order valence-corrected chi connectivity index (χ3v) is 2.80. The first kappa shape index (κ1) is 9.34. The van der Waals surface area contributed by atoms with E-state index in [1.165, 1.54) is 6.33 Å². The van der Waals surface area contributed by atoms with Crippen molar-refractivity contribution >= 4 is 32.9 Å². The molecule has 0 spiro atoms. The van der Waals surface area contributed by atoms with Crippen LogP contribution in [0.2, 0.25) is 0 Å². The Morgan fingerprint density at radius 2 is 2.25 bits per heavy atom. The van der Waals surface area contributed by atoms with Crippen LogP contribution < -0.4 is 5.73 Å². The number of nitrogens with two attached hydrogens (primary N) is 1. The van der Waals surface area contributed by atoms with Gasteiger partial charge < -0.3 is 15.1 Å². The molecule has 7 heteroatoms. The van der Waals surface area contributed by atoms with E-state index in [4.69, 9.17) is 10.2 Å². The van der Waals surface area contributed by atoms with Gasteiger partial charge in [-0.05, 0) is 22.0 Å². The van der Waals surface area contributed by atoms with E-state index in [0.29, 0.717) is 27.5 Å². The summed E-state index contributed by atoms with van der Waals surface area (Å²) >= 11 is 3.28. The third-order valence-electron chi connectivity index (χ3n) is 2.19. The first-order chi connectivity index (χ1) is 7.75. The number of hydrogen-bond acceptors (Lipinski definition) is 5. The van der Waals surface area contributed by atoms with Gasteiger partial charge >= 0.3 is 0 Å². The summed E-state index contributed by atoms with van der Waals surface area (Å²) in [4.78, 5) is 15.3. The van der Waals surface area contributed by atoms with Crippen molar-refractivity contribution in [3.8, 4) is 11.4 Å². The van der Waals surface area contributed by atoms with E-state index in [0.717, 1.165) is 5.56 Å². The molecule has 0 radical (unpaired) electrons. The standard InChI is InChI=1S/C9H6BrN5O/c10-6-4(1-2-16-6)8-14-5-7(11)12-3-13-9(5)15-8/h1-3H,(H3,11,12,13,14,15). The molecule has 3 aromatic heterocycles. The van der Waals surface area contributed by atoms with Crippen LogP contribution in [0, 0.1) is 0 Å². The van der Waals surface area contributed by atoms with Crippen LogP contribution in [-0.2, 0) is 0 Å². The summed E-state index contributed by atoms with van der Waals surface area (Å²) in [5, 5.41) is 0. The summed E-state index contributed by atoms with van der Waals surface area (Å²) in [7, 11) is 0. The zero-order valence-electron chi connectivity index (χ0n) is 7.94. The quantitative estimate of drug-likeness (QED) is 0.710. The highest BCUT2D eigenvalue weighted by Gasteiger charge is 2.12. The van der Waals surface area contributed by atoms with Crippen LogP contribution in [-0.4, -0.2) is 19.9 Å². The molecule has 80 valence electrons. The Morgan fingerprint density at radius 1 is 1.38 bits per heavy atom. The number of imidazole rings is 1. The number of nitrogens with one attached hydrogen (secondary N) is 1. The summed E-state index contributed by atoms with van der Waals surface area (Å²) in [6.45, 7) is 0. The van der Waals surface area contributed by atoms with Gasteiger partial charge in [-0.1, -0.05) is 0 Å². The topological polar surface area (TPSA) is 93.6 Å². The Kier molecular flexibility index (Phi) is 1.93. The summed E-state index contributed by atoms with van der Waals surface area (Å²) < 4.78 is 5.74. The van der Waals surface area contributed by atoms with Crippen LogP contribution in [0.3, 0.4) is 0 Å². The van der Waals surface area contributed by atoms with E-state index in [-0.39, 0.29) is 0 Å². The third kappa shape index (κ3) is 1.28. The first-order valence-corrected chi connectivity index (χ1v) is 5.24. The van der Waals surface area contributed by atoms with Gasteiger partial charge in [0.05, 0.1) is 11.8 Å². The van der Waals surface area contributed by atoms with Gasteiger partial charge in [0.2, 0.25) is 0 Å². The van der Waals surface area contributed by atoms with Crippen molar-refractivity contribution in [3.05, 3.63) is 23.3 Å². The van der Waals surface area contributed by atoms with Crippen molar-refractivity contribution in [1.82, 2.24) is 19.9 Å². The number of hydrogen-bond donors (Lipinski definition) is 2. The molecule has 0 aliphatic rings. The molecule has 0 saturated heterocycles. The maximum atomic E-state index is 5.70. The molecule has 6 nitrogen and oxygen atoms in total. The van der Waals surface area contributed by atoms with Crippen LogP contribution in [0.5, 0.6) is 0 Å². The molecule has 0 bridgehead atoms. The van der Waals surface area contributed by atoms with E-state index < -0.39 is 0 Å².